The fourth-order valence-electron chi connectivity index (χ4n) is 7.21. The van der Waals surface area contributed by atoms with Crippen LogP contribution in [0.5, 0.6) is 5.75 Å². The molecule has 1 N–H and O–H groups in total. The first-order chi connectivity index (χ1) is 23.8. The zero-order chi connectivity index (χ0) is 33.9. The van der Waals surface area contributed by atoms with Crippen LogP contribution in [-0.4, -0.2) is 52.2 Å². The zero-order valence-corrected chi connectivity index (χ0v) is 28.0. The molecule has 11 heteroatoms. The lowest BCUT2D eigenvalue weighted by Gasteiger charge is -2.42. The Hall–Kier alpha value is -5.68. The summed E-state index contributed by atoms with van der Waals surface area (Å²) in [6, 6.07) is 19.3. The number of ketones is 2. The second-order valence-corrected chi connectivity index (χ2v) is 13.3. The number of nitrogens with zero attached hydrogens (tertiary/aromatic N) is 5. The number of anilines is 3. The molecule has 0 bridgehead atoms. The number of nitrogens with one attached hydrogen (secondary N) is 1. The fraction of sp³-hybridized carbons (Fsp3) is 0.211. The third kappa shape index (κ3) is 5.00. The molecule has 2 aliphatic carbocycles. The molecule has 3 heterocycles. The molecule has 2 aromatic heterocycles. The van der Waals surface area contributed by atoms with Gasteiger partial charge in [0.2, 0.25) is 5.91 Å². The molecule has 0 spiro atoms. The number of amides is 1. The van der Waals surface area contributed by atoms with E-state index in [0.29, 0.717) is 28.8 Å². The molecular weight excluding hydrogens is 637 g/mol. The summed E-state index contributed by atoms with van der Waals surface area (Å²) in [5.41, 5.74) is 4.45. The van der Waals surface area contributed by atoms with Crippen molar-refractivity contribution >= 4 is 57.6 Å². The predicted molar refractivity (Wildman–Crippen MR) is 190 cm³/mol. The zero-order valence-electron chi connectivity index (χ0n) is 27.1. The summed E-state index contributed by atoms with van der Waals surface area (Å²) in [5, 5.41) is 7.00. The Labute approximate surface area is 286 Å². The van der Waals surface area contributed by atoms with Gasteiger partial charge in [0.25, 0.3) is 0 Å². The van der Waals surface area contributed by atoms with Crippen molar-refractivity contribution in [3.63, 3.8) is 0 Å². The van der Waals surface area contributed by atoms with Gasteiger partial charge in [0.15, 0.2) is 22.5 Å². The van der Waals surface area contributed by atoms with Crippen molar-refractivity contribution in [2.75, 3.05) is 34.9 Å². The van der Waals surface area contributed by atoms with E-state index < -0.39 is 11.5 Å². The van der Waals surface area contributed by atoms with E-state index in [1.54, 1.807) is 12.3 Å². The van der Waals surface area contributed by atoms with Crippen LogP contribution in [0.4, 0.5) is 16.6 Å². The molecule has 1 aliphatic heterocycles. The van der Waals surface area contributed by atoms with Gasteiger partial charge in [0, 0.05) is 22.4 Å². The molecule has 49 heavy (non-hydrogen) atoms. The Morgan fingerprint density at radius 1 is 1.06 bits per heavy atom. The van der Waals surface area contributed by atoms with Crippen molar-refractivity contribution < 1.29 is 19.1 Å². The van der Waals surface area contributed by atoms with Crippen molar-refractivity contribution in [2.45, 2.75) is 26.3 Å². The minimum atomic E-state index is -1.14. The van der Waals surface area contributed by atoms with Gasteiger partial charge >= 0.3 is 0 Å². The van der Waals surface area contributed by atoms with Crippen LogP contribution in [0.3, 0.4) is 0 Å². The van der Waals surface area contributed by atoms with Crippen LogP contribution < -0.4 is 30.3 Å². The molecule has 0 fully saturated rings. The highest BCUT2D eigenvalue weighted by Gasteiger charge is 2.50. The molecule has 2 atom stereocenters. The second kappa shape index (κ2) is 11.8. The normalized spacial score (nSPS) is 18.9. The summed E-state index contributed by atoms with van der Waals surface area (Å²) < 4.78 is 5.62. The summed E-state index contributed by atoms with van der Waals surface area (Å²) in [6.45, 7) is 6.53. The molecule has 2 unspecified atom stereocenters. The quantitative estimate of drug-likeness (QED) is 0.262. The van der Waals surface area contributed by atoms with Gasteiger partial charge in [-0.3, -0.25) is 14.4 Å². The Bertz CT molecular complexity index is 2320. The molecular formula is C38H32N6O4S. The van der Waals surface area contributed by atoms with E-state index in [1.165, 1.54) is 17.7 Å². The number of Topliss-reactive ketones (excluding diaryl/α,β-unsaturated/α-hetero) is 2. The van der Waals surface area contributed by atoms with Crippen LogP contribution in [0.15, 0.2) is 78.6 Å². The van der Waals surface area contributed by atoms with Crippen molar-refractivity contribution in [2.24, 2.45) is 5.92 Å². The van der Waals surface area contributed by atoms with Gasteiger partial charge in [-0.15, -0.1) is 11.3 Å². The Balaban J connectivity index is 1.10. The maximum atomic E-state index is 14.3. The number of benzene rings is 3. The van der Waals surface area contributed by atoms with Crippen LogP contribution in [0, 0.1) is 5.92 Å². The summed E-state index contributed by atoms with van der Waals surface area (Å²) in [6.07, 6.45) is 6.78. The Kier molecular flexibility index (Phi) is 7.37. The van der Waals surface area contributed by atoms with E-state index in [9.17, 15) is 14.4 Å². The number of hydrogen-bond acceptors (Lipinski definition) is 10. The van der Waals surface area contributed by atoms with E-state index in [1.807, 2.05) is 103 Å². The fourth-order valence-corrected chi connectivity index (χ4v) is 7.95. The molecule has 1 amide bonds. The van der Waals surface area contributed by atoms with E-state index >= 15 is 0 Å². The summed E-state index contributed by atoms with van der Waals surface area (Å²) in [7, 11) is 0. The standard InChI is InChI=1S/C38H32N6O4S/c1-4-48-24-9-7-8-23(15-24)31-19-49-37(41-31)42-34(46)18-43-21-44(36-32(43)17-39-20-40-36)38(3)30-13-12-26-25-10-5-6-11-27(25)33(45)16-28(26)29(30)14-22(2)35(38)47/h5-17,19-20,22H,4,18,21H2,1-3H3,(H,41,42,46). The average molecular weight is 669 g/mol. The molecule has 0 radical (unpaired) electrons. The van der Waals surface area contributed by atoms with Gasteiger partial charge in [-0.25, -0.2) is 15.0 Å². The minimum absolute atomic E-state index is 0.00192. The number of thiazole rings is 1. The molecule has 3 aromatic carbocycles. The lowest BCUT2D eigenvalue weighted by atomic mass is 9.73. The number of fused-ring (bicyclic) bond motifs is 6. The van der Waals surface area contributed by atoms with E-state index in [4.69, 9.17) is 4.74 Å². The van der Waals surface area contributed by atoms with E-state index in [2.05, 4.69) is 20.3 Å². The molecule has 0 saturated heterocycles. The van der Waals surface area contributed by atoms with Gasteiger partial charge in [-0.1, -0.05) is 61.5 Å². The van der Waals surface area contributed by atoms with Crippen LogP contribution in [0.2, 0.25) is 0 Å². The molecule has 244 valence electrons. The summed E-state index contributed by atoms with van der Waals surface area (Å²) in [5.74, 6) is 0.577. The smallest absolute Gasteiger partial charge is 0.245 e. The second-order valence-electron chi connectivity index (χ2n) is 12.5. The van der Waals surface area contributed by atoms with Gasteiger partial charge in [-0.05, 0) is 59.2 Å². The van der Waals surface area contributed by atoms with E-state index in [-0.39, 0.29) is 30.7 Å². The van der Waals surface area contributed by atoms with Crippen molar-refractivity contribution in [3.05, 3.63) is 100 Å². The maximum absolute atomic E-state index is 14.3. The van der Waals surface area contributed by atoms with Crippen molar-refractivity contribution in [3.8, 4) is 28.1 Å². The summed E-state index contributed by atoms with van der Waals surface area (Å²) in [4.78, 5) is 58.3. The van der Waals surface area contributed by atoms with Gasteiger partial charge in [0.1, 0.15) is 23.3 Å². The van der Waals surface area contributed by atoms with Crippen molar-refractivity contribution in [1.82, 2.24) is 15.0 Å². The predicted octanol–water partition coefficient (Wildman–Crippen LogP) is 4.78. The SMILES string of the molecule is CCOc1cccc(-c2csc(NC(=O)CN3CN(C4(C)C(=O)C(C)C=c5c4ccc4c5=CC(=O)c5ccccc5-4)c4ncncc43)n2)c1. The highest BCUT2D eigenvalue weighted by atomic mass is 32.1. The number of ether oxygens (including phenoxy) is 1. The van der Waals surface area contributed by atoms with Crippen LogP contribution in [-0.2, 0) is 15.1 Å². The average Bonchev–Trinajstić information content (AvgIpc) is 3.73. The summed E-state index contributed by atoms with van der Waals surface area (Å²) >= 11 is 1.35. The lowest BCUT2D eigenvalue weighted by molar-refractivity contribution is -0.126. The highest BCUT2D eigenvalue weighted by molar-refractivity contribution is 7.14. The van der Waals surface area contributed by atoms with E-state index in [0.717, 1.165) is 44.1 Å². The molecule has 10 nitrogen and oxygen atoms in total. The number of aromatic nitrogens is 3. The van der Waals surface area contributed by atoms with Gasteiger partial charge in [-0.2, -0.15) is 0 Å². The van der Waals surface area contributed by atoms with Crippen LogP contribution in [0.1, 0.15) is 36.7 Å². The maximum Gasteiger partial charge on any atom is 0.245 e. The third-order valence-corrected chi connectivity index (χ3v) is 10.3. The molecule has 0 saturated carbocycles. The molecule has 8 rings (SSSR count). The molecule has 3 aliphatic rings. The number of carbonyl (C=O) groups excluding carboxylic acids is 3. The van der Waals surface area contributed by atoms with Crippen LogP contribution in [0.25, 0.3) is 34.5 Å². The topological polar surface area (TPSA) is 118 Å². The number of carbonyl (C=O) groups is 3. The van der Waals surface area contributed by atoms with Gasteiger partial charge < -0.3 is 19.9 Å². The number of hydrogen-bond donors (Lipinski definition) is 1. The first-order valence-electron chi connectivity index (χ1n) is 16.1. The largest absolute Gasteiger partial charge is 0.494 e. The highest BCUT2D eigenvalue weighted by Crippen LogP contribution is 2.44. The first kappa shape index (κ1) is 30.6. The monoisotopic (exact) mass is 668 g/mol. The van der Waals surface area contributed by atoms with Crippen LogP contribution >= 0.6 is 11.3 Å². The molecule has 5 aromatic rings. The Morgan fingerprint density at radius 2 is 1.90 bits per heavy atom. The van der Waals surface area contributed by atoms with Crippen molar-refractivity contribution in [1.29, 1.82) is 0 Å². The Morgan fingerprint density at radius 3 is 2.73 bits per heavy atom. The first-order valence-corrected chi connectivity index (χ1v) is 17.0. The number of rotatable bonds is 7. The third-order valence-electron chi connectivity index (χ3n) is 9.53. The lowest BCUT2D eigenvalue weighted by Crippen LogP contribution is -2.59. The van der Waals surface area contributed by atoms with Gasteiger partial charge in [0.05, 0.1) is 31.7 Å². The minimum Gasteiger partial charge on any atom is -0.494 e.